The maximum absolute atomic E-state index is 12.7. The number of amides is 1. The van der Waals surface area contributed by atoms with Gasteiger partial charge in [0.1, 0.15) is 5.82 Å². The molecule has 0 heterocycles. The van der Waals surface area contributed by atoms with Crippen LogP contribution in [-0.2, 0) is 4.79 Å². The van der Waals surface area contributed by atoms with E-state index in [4.69, 9.17) is 0 Å². The van der Waals surface area contributed by atoms with Gasteiger partial charge in [-0.15, -0.1) is 0 Å². The van der Waals surface area contributed by atoms with E-state index in [-0.39, 0.29) is 9.26 Å². The van der Waals surface area contributed by atoms with Gasteiger partial charge in [0.05, 0.1) is 5.69 Å². The molecule has 0 saturated carbocycles. The molecule has 0 aliphatic heterocycles. The highest BCUT2D eigenvalue weighted by Crippen LogP contribution is 2.40. The lowest BCUT2D eigenvalue weighted by Gasteiger charge is -2.22. The molecule has 0 unspecified atom stereocenters. The summed E-state index contributed by atoms with van der Waals surface area (Å²) in [5.74, 6) is -7.15. The van der Waals surface area contributed by atoms with E-state index in [1.807, 2.05) is 0 Å². The SMILES string of the molecule is O=C(Nc1ccc(F)cc1I)C(C(F)(F)F)C(F)(F)F. The summed E-state index contributed by atoms with van der Waals surface area (Å²) >= 11 is 1.47. The largest absolute Gasteiger partial charge is 0.409 e. The molecule has 10 heteroatoms. The second-order valence-electron chi connectivity index (χ2n) is 3.63. The van der Waals surface area contributed by atoms with Crippen molar-refractivity contribution >= 4 is 34.2 Å². The third-order valence-corrected chi connectivity index (χ3v) is 3.00. The standard InChI is InChI=1S/C10H5F7INO/c11-4-1-2-6(5(18)3-4)19-8(20)7(9(12,13)14)10(15,16)17/h1-3,7H,(H,19,20). The maximum Gasteiger partial charge on any atom is 0.409 e. The van der Waals surface area contributed by atoms with Crippen LogP contribution in [0.15, 0.2) is 18.2 Å². The fraction of sp³-hybridized carbons (Fsp3) is 0.300. The summed E-state index contributed by atoms with van der Waals surface area (Å²) in [6, 6.07) is 2.53. The average molecular weight is 415 g/mol. The van der Waals surface area contributed by atoms with Crippen molar-refractivity contribution in [1.29, 1.82) is 0 Å². The second kappa shape index (κ2) is 5.74. The van der Waals surface area contributed by atoms with E-state index in [2.05, 4.69) is 0 Å². The number of halogens is 8. The summed E-state index contributed by atoms with van der Waals surface area (Å²) in [4.78, 5) is 11.2. The van der Waals surface area contributed by atoms with Crippen LogP contribution in [0.1, 0.15) is 0 Å². The van der Waals surface area contributed by atoms with E-state index in [0.29, 0.717) is 0 Å². The molecule has 0 fully saturated rings. The Bertz CT molecular complexity index is 497. The predicted octanol–water partition coefficient (Wildman–Crippen LogP) is 4.11. The van der Waals surface area contributed by atoms with Crippen molar-refractivity contribution in [2.45, 2.75) is 12.4 Å². The Morgan fingerprint density at radius 2 is 1.60 bits per heavy atom. The van der Waals surface area contributed by atoms with Crippen molar-refractivity contribution in [3.8, 4) is 0 Å². The topological polar surface area (TPSA) is 29.1 Å². The molecule has 2 nitrogen and oxygen atoms in total. The van der Waals surface area contributed by atoms with Crippen molar-refractivity contribution in [3.63, 3.8) is 0 Å². The van der Waals surface area contributed by atoms with Crippen LogP contribution in [0.5, 0.6) is 0 Å². The quantitative estimate of drug-likeness (QED) is 0.572. The third kappa shape index (κ3) is 4.21. The number of anilines is 1. The zero-order valence-corrected chi connectivity index (χ0v) is 11.4. The van der Waals surface area contributed by atoms with Crippen LogP contribution in [-0.4, -0.2) is 18.3 Å². The summed E-state index contributed by atoms with van der Waals surface area (Å²) in [6.45, 7) is 0. The first-order chi connectivity index (χ1) is 8.93. The smallest absolute Gasteiger partial charge is 0.324 e. The van der Waals surface area contributed by atoms with Crippen LogP contribution < -0.4 is 5.32 Å². The lowest BCUT2D eigenvalue weighted by atomic mass is 10.1. The first-order valence-corrected chi connectivity index (χ1v) is 5.90. The monoisotopic (exact) mass is 415 g/mol. The number of rotatable bonds is 2. The molecule has 0 saturated heterocycles. The lowest BCUT2D eigenvalue weighted by molar-refractivity contribution is -0.272. The average Bonchev–Trinajstić information content (AvgIpc) is 2.17. The first kappa shape index (κ1) is 17.0. The second-order valence-corrected chi connectivity index (χ2v) is 4.79. The highest BCUT2D eigenvalue weighted by atomic mass is 127. The van der Waals surface area contributed by atoms with Crippen LogP contribution in [0.2, 0.25) is 0 Å². The van der Waals surface area contributed by atoms with Crippen molar-refractivity contribution in [1.82, 2.24) is 0 Å². The van der Waals surface area contributed by atoms with Crippen LogP contribution in [0, 0.1) is 15.3 Å². The van der Waals surface area contributed by atoms with Gasteiger partial charge in [-0.1, -0.05) is 0 Å². The molecule has 1 N–H and O–H groups in total. The fourth-order valence-corrected chi connectivity index (χ4v) is 1.89. The summed E-state index contributed by atoms with van der Waals surface area (Å²) in [7, 11) is 0. The minimum absolute atomic E-state index is 0.0287. The predicted molar refractivity (Wildman–Crippen MR) is 63.3 cm³/mol. The van der Waals surface area contributed by atoms with Gasteiger partial charge < -0.3 is 5.32 Å². The van der Waals surface area contributed by atoms with E-state index in [0.717, 1.165) is 18.2 Å². The Balaban J connectivity index is 3.04. The molecule has 1 amide bonds. The third-order valence-electron chi connectivity index (χ3n) is 2.11. The van der Waals surface area contributed by atoms with Gasteiger partial charge in [0.15, 0.2) is 0 Å². The summed E-state index contributed by atoms with van der Waals surface area (Å²) in [5, 5.41) is 1.50. The molecule has 112 valence electrons. The van der Waals surface area contributed by atoms with Gasteiger partial charge >= 0.3 is 12.4 Å². The Hall–Kier alpha value is -1.07. The summed E-state index contributed by atoms with van der Waals surface area (Å²) in [6.07, 6.45) is -11.5. The lowest BCUT2D eigenvalue weighted by Crippen LogP contribution is -2.45. The Morgan fingerprint density at radius 3 is 2.00 bits per heavy atom. The van der Waals surface area contributed by atoms with E-state index in [9.17, 15) is 35.5 Å². The van der Waals surface area contributed by atoms with E-state index >= 15 is 0 Å². The molecule has 0 spiro atoms. The molecule has 0 atom stereocenters. The number of carbonyl (C=O) groups excluding carboxylic acids is 1. The van der Waals surface area contributed by atoms with Crippen LogP contribution in [0.4, 0.5) is 36.4 Å². The Labute approximate surface area is 121 Å². The Morgan fingerprint density at radius 1 is 1.10 bits per heavy atom. The minimum atomic E-state index is -5.77. The van der Waals surface area contributed by atoms with Gasteiger partial charge in [-0.25, -0.2) is 4.39 Å². The van der Waals surface area contributed by atoms with Gasteiger partial charge in [-0.3, -0.25) is 4.79 Å². The molecule has 0 aromatic heterocycles. The number of hydrogen-bond acceptors (Lipinski definition) is 1. The van der Waals surface area contributed by atoms with Crippen molar-refractivity contribution in [2.24, 2.45) is 5.92 Å². The van der Waals surface area contributed by atoms with E-state index in [1.165, 1.54) is 27.9 Å². The van der Waals surface area contributed by atoms with Gasteiger partial charge in [-0.05, 0) is 40.8 Å². The molecular weight excluding hydrogens is 410 g/mol. The molecule has 0 radical (unpaired) electrons. The normalized spacial score (nSPS) is 12.7. The van der Waals surface area contributed by atoms with E-state index < -0.39 is 30.0 Å². The fourth-order valence-electron chi connectivity index (χ4n) is 1.28. The summed E-state index contributed by atoms with van der Waals surface area (Å²) in [5.41, 5.74) is -0.338. The molecule has 0 aliphatic rings. The molecule has 1 rings (SSSR count). The maximum atomic E-state index is 12.7. The number of hydrogen-bond donors (Lipinski definition) is 1. The Kier molecular flexibility index (Phi) is 4.87. The van der Waals surface area contributed by atoms with Crippen molar-refractivity contribution in [3.05, 3.63) is 27.6 Å². The first-order valence-electron chi connectivity index (χ1n) is 4.82. The highest BCUT2D eigenvalue weighted by Gasteiger charge is 2.61. The minimum Gasteiger partial charge on any atom is -0.324 e. The van der Waals surface area contributed by atoms with Gasteiger partial charge in [-0.2, -0.15) is 26.3 Å². The van der Waals surface area contributed by atoms with Gasteiger partial charge in [0.2, 0.25) is 11.8 Å². The number of benzene rings is 1. The van der Waals surface area contributed by atoms with Gasteiger partial charge in [0.25, 0.3) is 0 Å². The van der Waals surface area contributed by atoms with Gasteiger partial charge in [0, 0.05) is 3.57 Å². The molecule has 20 heavy (non-hydrogen) atoms. The van der Waals surface area contributed by atoms with Crippen LogP contribution in [0.3, 0.4) is 0 Å². The summed E-state index contributed by atoms with van der Waals surface area (Å²) < 4.78 is 86.5. The molecule has 1 aromatic carbocycles. The zero-order valence-electron chi connectivity index (χ0n) is 9.24. The number of carbonyl (C=O) groups is 1. The molecule has 0 bridgehead atoms. The highest BCUT2D eigenvalue weighted by molar-refractivity contribution is 14.1. The zero-order chi connectivity index (χ0) is 15.7. The molecular formula is C10H5F7INO. The molecule has 1 aromatic rings. The van der Waals surface area contributed by atoms with Crippen molar-refractivity contribution in [2.75, 3.05) is 5.32 Å². The number of alkyl halides is 6. The molecule has 0 aliphatic carbocycles. The van der Waals surface area contributed by atoms with Crippen LogP contribution >= 0.6 is 22.6 Å². The van der Waals surface area contributed by atoms with E-state index in [1.54, 1.807) is 0 Å². The van der Waals surface area contributed by atoms with Crippen molar-refractivity contribution < 1.29 is 35.5 Å². The number of nitrogens with one attached hydrogen (secondary N) is 1. The van der Waals surface area contributed by atoms with Crippen LogP contribution in [0.25, 0.3) is 0 Å².